The first-order chi connectivity index (χ1) is 4.80. The van der Waals surface area contributed by atoms with Crippen molar-refractivity contribution in [1.29, 1.82) is 0 Å². The minimum Gasteiger partial charge on any atom is -0.0961 e. The Kier molecular flexibility index (Phi) is 1.56. The highest BCUT2D eigenvalue weighted by Crippen LogP contribution is 2.68. The van der Waals surface area contributed by atoms with E-state index in [0.29, 0.717) is 10.8 Å². The molecular formula is C11H18. The van der Waals surface area contributed by atoms with E-state index in [1.165, 1.54) is 11.1 Å². The van der Waals surface area contributed by atoms with Crippen LogP contribution in [0.2, 0.25) is 0 Å². The van der Waals surface area contributed by atoms with E-state index < -0.39 is 0 Å². The Morgan fingerprint density at radius 1 is 1.18 bits per heavy atom. The summed E-state index contributed by atoms with van der Waals surface area (Å²) in [5.41, 5.74) is 3.49. The van der Waals surface area contributed by atoms with Gasteiger partial charge in [0, 0.05) is 0 Å². The van der Waals surface area contributed by atoms with Gasteiger partial charge in [0.25, 0.3) is 0 Å². The smallest absolute Gasteiger partial charge is 0.00472 e. The maximum absolute atomic E-state index is 3.89. The Morgan fingerprint density at radius 3 is 1.64 bits per heavy atom. The number of hydrogen-bond donors (Lipinski definition) is 0. The average Bonchev–Trinajstić information content (AvgIpc) is 2.11. The molecule has 0 N–H and O–H groups in total. The molecule has 0 aromatic rings. The quantitative estimate of drug-likeness (QED) is 0.536. The van der Waals surface area contributed by atoms with Crippen molar-refractivity contribution in [3.63, 3.8) is 0 Å². The maximum atomic E-state index is 3.89. The van der Waals surface area contributed by atoms with Gasteiger partial charge in [-0.15, -0.1) is 0 Å². The molecule has 0 heteroatoms. The Morgan fingerprint density at radius 2 is 1.55 bits per heavy atom. The van der Waals surface area contributed by atoms with Crippen LogP contribution in [0.5, 0.6) is 0 Å². The number of rotatable bonds is 1. The molecule has 0 spiro atoms. The summed E-state index contributed by atoms with van der Waals surface area (Å²) in [6.07, 6.45) is 2.22. The van der Waals surface area contributed by atoms with Gasteiger partial charge in [0.05, 0.1) is 0 Å². The predicted octanol–water partition coefficient (Wildman–Crippen LogP) is 3.55. The van der Waals surface area contributed by atoms with E-state index in [1.807, 2.05) is 0 Å². The Labute approximate surface area is 70.0 Å². The van der Waals surface area contributed by atoms with Crippen molar-refractivity contribution < 1.29 is 0 Å². The highest BCUT2D eigenvalue weighted by molar-refractivity contribution is 5.45. The van der Waals surface area contributed by atoms with Gasteiger partial charge in [-0.2, -0.15) is 0 Å². The van der Waals surface area contributed by atoms with Gasteiger partial charge in [0.1, 0.15) is 0 Å². The van der Waals surface area contributed by atoms with Gasteiger partial charge < -0.3 is 0 Å². The van der Waals surface area contributed by atoms with Crippen LogP contribution in [-0.2, 0) is 0 Å². The van der Waals surface area contributed by atoms with Crippen LogP contribution in [0, 0.1) is 10.8 Å². The van der Waals surface area contributed by atoms with E-state index in [9.17, 15) is 0 Å². The molecule has 0 radical (unpaired) electrons. The molecule has 62 valence electrons. The van der Waals surface area contributed by atoms with Crippen molar-refractivity contribution >= 4 is 0 Å². The topological polar surface area (TPSA) is 0 Å². The monoisotopic (exact) mass is 150 g/mol. The number of allylic oxidation sites excluding steroid dienone is 3. The predicted molar refractivity (Wildman–Crippen MR) is 50.5 cm³/mol. The fraction of sp³-hybridized carbons (Fsp3) is 0.636. The van der Waals surface area contributed by atoms with Gasteiger partial charge in [-0.25, -0.2) is 0 Å². The second-order valence-corrected chi connectivity index (χ2v) is 4.65. The normalized spacial score (nSPS) is 24.6. The molecule has 1 aliphatic carbocycles. The molecule has 0 amide bonds. The van der Waals surface area contributed by atoms with Crippen molar-refractivity contribution in [2.24, 2.45) is 10.8 Å². The van der Waals surface area contributed by atoms with Crippen LogP contribution in [0.25, 0.3) is 0 Å². The van der Waals surface area contributed by atoms with Crippen LogP contribution in [0.4, 0.5) is 0 Å². The fourth-order valence-electron chi connectivity index (χ4n) is 1.68. The first kappa shape index (κ1) is 8.58. The largest absolute Gasteiger partial charge is 0.0961 e. The zero-order chi connectivity index (χ0) is 8.86. The van der Waals surface area contributed by atoms with E-state index >= 15 is 0 Å². The third-order valence-electron chi connectivity index (χ3n) is 3.24. The van der Waals surface area contributed by atoms with Gasteiger partial charge >= 0.3 is 0 Å². The summed E-state index contributed by atoms with van der Waals surface area (Å²) in [6, 6.07) is 0. The van der Waals surface area contributed by atoms with Crippen molar-refractivity contribution in [2.45, 2.75) is 34.6 Å². The minimum atomic E-state index is 0.395. The second-order valence-electron chi connectivity index (χ2n) is 4.65. The Hall–Kier alpha value is -0.520. The van der Waals surface area contributed by atoms with Gasteiger partial charge in [-0.3, -0.25) is 0 Å². The zero-order valence-corrected chi connectivity index (χ0v) is 8.28. The SMILES string of the molecule is C=C(C)C=C1C(C)(C)C1(C)C. The van der Waals surface area contributed by atoms with Crippen LogP contribution < -0.4 is 0 Å². The summed E-state index contributed by atoms with van der Waals surface area (Å²) in [7, 11) is 0. The van der Waals surface area contributed by atoms with Crippen molar-refractivity contribution in [1.82, 2.24) is 0 Å². The van der Waals surface area contributed by atoms with Crippen LogP contribution in [-0.4, -0.2) is 0 Å². The van der Waals surface area contributed by atoms with Crippen molar-refractivity contribution in [2.75, 3.05) is 0 Å². The third-order valence-corrected chi connectivity index (χ3v) is 3.24. The fourth-order valence-corrected chi connectivity index (χ4v) is 1.68. The lowest BCUT2D eigenvalue weighted by molar-refractivity contribution is 0.457. The molecule has 0 heterocycles. The van der Waals surface area contributed by atoms with Gasteiger partial charge in [-0.05, 0) is 17.8 Å². The lowest BCUT2D eigenvalue weighted by Crippen LogP contribution is -1.95. The van der Waals surface area contributed by atoms with Crippen LogP contribution in [0.1, 0.15) is 34.6 Å². The van der Waals surface area contributed by atoms with Gasteiger partial charge in [-0.1, -0.05) is 51.5 Å². The Balaban J connectivity index is 2.91. The highest BCUT2D eigenvalue weighted by atomic mass is 14.6. The molecule has 0 aromatic heterocycles. The summed E-state index contributed by atoms with van der Waals surface area (Å²) < 4.78 is 0. The zero-order valence-electron chi connectivity index (χ0n) is 8.28. The molecule has 0 bridgehead atoms. The maximum Gasteiger partial charge on any atom is -0.00472 e. The average molecular weight is 150 g/mol. The lowest BCUT2D eigenvalue weighted by atomic mass is 10.0. The number of hydrogen-bond acceptors (Lipinski definition) is 0. The molecule has 11 heavy (non-hydrogen) atoms. The van der Waals surface area contributed by atoms with Crippen LogP contribution in [0.15, 0.2) is 23.8 Å². The first-order valence-electron chi connectivity index (χ1n) is 4.18. The summed E-state index contributed by atoms with van der Waals surface area (Å²) in [4.78, 5) is 0. The van der Waals surface area contributed by atoms with E-state index in [0.717, 1.165) is 0 Å². The summed E-state index contributed by atoms with van der Waals surface area (Å²) >= 11 is 0. The molecule has 1 saturated carbocycles. The summed E-state index contributed by atoms with van der Waals surface area (Å²) in [5.74, 6) is 0. The minimum absolute atomic E-state index is 0.395. The molecule has 1 fully saturated rings. The van der Waals surface area contributed by atoms with Gasteiger partial charge in [0.2, 0.25) is 0 Å². The van der Waals surface area contributed by atoms with E-state index in [4.69, 9.17) is 0 Å². The van der Waals surface area contributed by atoms with Crippen LogP contribution >= 0.6 is 0 Å². The standard InChI is InChI=1S/C11H18/c1-8(2)7-9-10(3,4)11(9,5)6/h7H,1H2,2-6H3. The Bertz CT molecular complexity index is 210. The molecule has 0 nitrogen and oxygen atoms in total. The van der Waals surface area contributed by atoms with Crippen molar-refractivity contribution in [3.8, 4) is 0 Å². The third kappa shape index (κ3) is 1.05. The highest BCUT2D eigenvalue weighted by Gasteiger charge is 2.59. The molecule has 0 aliphatic heterocycles. The summed E-state index contributed by atoms with van der Waals surface area (Å²) in [6.45, 7) is 15.1. The van der Waals surface area contributed by atoms with E-state index in [1.54, 1.807) is 0 Å². The molecule has 0 unspecified atom stereocenters. The molecule has 0 atom stereocenters. The van der Waals surface area contributed by atoms with E-state index in [2.05, 4.69) is 47.3 Å². The molecule has 0 aromatic carbocycles. The second kappa shape index (κ2) is 2.00. The molecule has 1 rings (SSSR count). The van der Waals surface area contributed by atoms with Crippen LogP contribution in [0.3, 0.4) is 0 Å². The molecule has 0 saturated heterocycles. The van der Waals surface area contributed by atoms with E-state index in [-0.39, 0.29) is 0 Å². The summed E-state index contributed by atoms with van der Waals surface area (Å²) in [5, 5.41) is 0. The molecule has 1 aliphatic rings. The molecular weight excluding hydrogens is 132 g/mol. The van der Waals surface area contributed by atoms with Gasteiger partial charge in [0.15, 0.2) is 0 Å². The van der Waals surface area contributed by atoms with Crippen molar-refractivity contribution in [3.05, 3.63) is 23.8 Å². The lowest BCUT2D eigenvalue weighted by Gasteiger charge is -2.02. The first-order valence-corrected chi connectivity index (χ1v) is 4.18.